The zero-order chi connectivity index (χ0) is 12.8. The first-order valence-corrected chi connectivity index (χ1v) is 5.90. The molecule has 0 aromatic rings. The summed E-state index contributed by atoms with van der Waals surface area (Å²) in [5, 5.41) is 11.4. The molecule has 17 heavy (non-hydrogen) atoms. The van der Waals surface area contributed by atoms with Crippen LogP contribution in [0.1, 0.15) is 20.3 Å². The molecule has 98 valence electrons. The Balaban J connectivity index is 2.34. The smallest absolute Gasteiger partial charge is 0.323 e. The first kappa shape index (κ1) is 13.8. The molecule has 0 spiro atoms. The summed E-state index contributed by atoms with van der Waals surface area (Å²) in [5.74, 6) is -0.679. The van der Waals surface area contributed by atoms with E-state index >= 15 is 0 Å². The number of carbonyl (C=O) groups excluding carboxylic acids is 1. The van der Waals surface area contributed by atoms with E-state index in [1.807, 2.05) is 6.92 Å². The number of rotatable bonds is 5. The topological polar surface area (TPSA) is 78.9 Å². The average molecular weight is 244 g/mol. The third-order valence-electron chi connectivity index (χ3n) is 3.04. The van der Waals surface area contributed by atoms with E-state index in [0.717, 1.165) is 13.0 Å². The molecule has 6 nitrogen and oxygen atoms in total. The molecular weight excluding hydrogens is 224 g/mol. The van der Waals surface area contributed by atoms with Gasteiger partial charge in [-0.3, -0.25) is 4.79 Å². The molecule has 2 unspecified atom stereocenters. The maximum atomic E-state index is 11.7. The Labute approximate surface area is 101 Å². The second kappa shape index (κ2) is 6.44. The summed E-state index contributed by atoms with van der Waals surface area (Å²) in [7, 11) is 0. The summed E-state index contributed by atoms with van der Waals surface area (Å²) in [6.07, 6.45) is 1.09. The average Bonchev–Trinajstić information content (AvgIpc) is 2.68. The van der Waals surface area contributed by atoms with Gasteiger partial charge in [0.05, 0.1) is 6.10 Å². The van der Waals surface area contributed by atoms with Crippen molar-refractivity contribution < 1.29 is 19.4 Å². The van der Waals surface area contributed by atoms with Gasteiger partial charge in [-0.25, -0.2) is 4.79 Å². The van der Waals surface area contributed by atoms with Crippen LogP contribution in [0, 0.1) is 5.92 Å². The molecule has 0 radical (unpaired) electrons. The number of hydrogen-bond acceptors (Lipinski definition) is 3. The van der Waals surface area contributed by atoms with E-state index < -0.39 is 5.97 Å². The Morgan fingerprint density at radius 3 is 2.71 bits per heavy atom. The van der Waals surface area contributed by atoms with Crippen LogP contribution in [0.4, 0.5) is 4.79 Å². The number of likely N-dealkylation sites (N-methyl/N-ethyl adjacent to an activating group) is 1. The summed E-state index contributed by atoms with van der Waals surface area (Å²) >= 11 is 0. The number of ether oxygens (including phenoxy) is 1. The summed E-state index contributed by atoms with van der Waals surface area (Å²) in [6, 6.07) is -0.325. The van der Waals surface area contributed by atoms with Crippen LogP contribution in [-0.2, 0) is 9.53 Å². The van der Waals surface area contributed by atoms with Crippen molar-refractivity contribution in [1.82, 2.24) is 10.2 Å². The van der Waals surface area contributed by atoms with Crippen molar-refractivity contribution in [3.8, 4) is 0 Å². The normalized spacial score (nSPS) is 23.4. The lowest BCUT2D eigenvalue weighted by Crippen LogP contribution is -2.44. The number of carboxylic acids is 1. The predicted octanol–water partition coefficient (Wildman–Crippen LogP) is 0.527. The summed E-state index contributed by atoms with van der Waals surface area (Å²) in [5.41, 5.74) is 0. The van der Waals surface area contributed by atoms with E-state index in [9.17, 15) is 9.59 Å². The Hall–Kier alpha value is -1.30. The number of hydrogen-bond donors (Lipinski definition) is 2. The Morgan fingerprint density at radius 1 is 1.53 bits per heavy atom. The standard InChI is InChI=1S/C11H20N2O4/c1-3-13(7-10(14)15)11(16)12-6-9-4-5-17-8(9)2/h8-9H,3-7H2,1-2H3,(H,12,16)(H,14,15). The molecule has 0 aromatic heterocycles. The quantitative estimate of drug-likeness (QED) is 0.739. The summed E-state index contributed by atoms with van der Waals surface area (Å²) in [4.78, 5) is 23.5. The van der Waals surface area contributed by atoms with E-state index in [-0.39, 0.29) is 18.7 Å². The van der Waals surface area contributed by atoms with Crippen molar-refractivity contribution in [1.29, 1.82) is 0 Å². The molecule has 1 rings (SSSR count). The van der Waals surface area contributed by atoms with Crippen molar-refractivity contribution in [2.45, 2.75) is 26.4 Å². The summed E-state index contributed by atoms with van der Waals surface area (Å²) in [6.45, 7) is 5.13. The molecule has 0 aromatic carbocycles. The second-order valence-electron chi connectivity index (χ2n) is 4.22. The van der Waals surface area contributed by atoms with Gasteiger partial charge >= 0.3 is 12.0 Å². The van der Waals surface area contributed by atoms with E-state index in [1.54, 1.807) is 6.92 Å². The molecule has 0 aliphatic carbocycles. The van der Waals surface area contributed by atoms with E-state index in [4.69, 9.17) is 9.84 Å². The highest BCUT2D eigenvalue weighted by Crippen LogP contribution is 2.19. The maximum absolute atomic E-state index is 11.7. The van der Waals surface area contributed by atoms with Crippen LogP contribution in [0.25, 0.3) is 0 Å². The zero-order valence-corrected chi connectivity index (χ0v) is 10.3. The molecule has 1 aliphatic heterocycles. The van der Waals surface area contributed by atoms with Crippen molar-refractivity contribution in [3.63, 3.8) is 0 Å². The largest absolute Gasteiger partial charge is 0.480 e. The van der Waals surface area contributed by atoms with E-state index in [0.29, 0.717) is 19.0 Å². The third kappa shape index (κ3) is 4.22. The van der Waals surface area contributed by atoms with Crippen LogP contribution in [0.3, 0.4) is 0 Å². The Kier molecular flexibility index (Phi) is 5.21. The van der Waals surface area contributed by atoms with Crippen LogP contribution in [0.15, 0.2) is 0 Å². The number of amides is 2. The van der Waals surface area contributed by atoms with Gasteiger partial charge in [-0.05, 0) is 20.3 Å². The van der Waals surface area contributed by atoms with Gasteiger partial charge in [0.1, 0.15) is 6.54 Å². The first-order valence-electron chi connectivity index (χ1n) is 5.90. The van der Waals surface area contributed by atoms with Crippen LogP contribution >= 0.6 is 0 Å². The van der Waals surface area contributed by atoms with E-state index in [1.165, 1.54) is 4.90 Å². The number of aliphatic carboxylic acids is 1. The second-order valence-corrected chi connectivity index (χ2v) is 4.22. The van der Waals surface area contributed by atoms with Crippen molar-refractivity contribution in [2.24, 2.45) is 5.92 Å². The molecule has 1 aliphatic rings. The van der Waals surface area contributed by atoms with Crippen LogP contribution in [0.2, 0.25) is 0 Å². The minimum atomic E-state index is -1.00. The monoisotopic (exact) mass is 244 g/mol. The first-order chi connectivity index (χ1) is 8.04. The predicted molar refractivity (Wildman–Crippen MR) is 61.8 cm³/mol. The zero-order valence-electron chi connectivity index (χ0n) is 10.3. The molecule has 1 fully saturated rings. The lowest BCUT2D eigenvalue weighted by molar-refractivity contribution is -0.137. The number of carbonyl (C=O) groups is 2. The fraction of sp³-hybridized carbons (Fsp3) is 0.818. The van der Waals surface area contributed by atoms with Gasteiger partial charge in [-0.15, -0.1) is 0 Å². The highest BCUT2D eigenvalue weighted by Gasteiger charge is 2.25. The fourth-order valence-corrected chi connectivity index (χ4v) is 1.86. The van der Waals surface area contributed by atoms with Crippen LogP contribution < -0.4 is 5.32 Å². The van der Waals surface area contributed by atoms with Gasteiger partial charge < -0.3 is 20.1 Å². The maximum Gasteiger partial charge on any atom is 0.323 e. The third-order valence-corrected chi connectivity index (χ3v) is 3.04. The SMILES string of the molecule is CCN(CC(=O)O)C(=O)NCC1CCOC1C. The number of carboxylic acid groups (broad SMARTS) is 1. The number of nitrogens with one attached hydrogen (secondary N) is 1. The number of nitrogens with zero attached hydrogens (tertiary/aromatic N) is 1. The molecule has 1 heterocycles. The van der Waals surface area contributed by atoms with E-state index in [2.05, 4.69) is 5.32 Å². The van der Waals surface area contributed by atoms with Crippen molar-refractivity contribution in [2.75, 3.05) is 26.2 Å². The lowest BCUT2D eigenvalue weighted by Gasteiger charge is -2.21. The minimum absolute atomic E-state index is 0.157. The molecule has 6 heteroatoms. The van der Waals surface area contributed by atoms with Gasteiger partial charge in [-0.2, -0.15) is 0 Å². The van der Waals surface area contributed by atoms with Gasteiger partial charge in [0.15, 0.2) is 0 Å². The van der Waals surface area contributed by atoms with Crippen LogP contribution in [0.5, 0.6) is 0 Å². The molecule has 2 atom stereocenters. The Bertz CT molecular complexity index is 283. The molecule has 2 amide bonds. The van der Waals surface area contributed by atoms with Gasteiger partial charge in [0.2, 0.25) is 0 Å². The molecular formula is C11H20N2O4. The van der Waals surface area contributed by atoms with Crippen LogP contribution in [-0.4, -0.2) is 54.4 Å². The molecule has 1 saturated heterocycles. The Morgan fingerprint density at radius 2 is 2.24 bits per heavy atom. The van der Waals surface area contributed by atoms with Crippen molar-refractivity contribution >= 4 is 12.0 Å². The lowest BCUT2D eigenvalue weighted by atomic mass is 10.0. The number of urea groups is 1. The van der Waals surface area contributed by atoms with Gasteiger partial charge in [0, 0.05) is 25.6 Å². The molecule has 0 saturated carbocycles. The highest BCUT2D eigenvalue weighted by molar-refractivity contribution is 5.80. The van der Waals surface area contributed by atoms with Crippen molar-refractivity contribution in [3.05, 3.63) is 0 Å². The fourth-order valence-electron chi connectivity index (χ4n) is 1.86. The molecule has 0 bridgehead atoms. The van der Waals surface area contributed by atoms with Gasteiger partial charge in [-0.1, -0.05) is 0 Å². The highest BCUT2D eigenvalue weighted by atomic mass is 16.5. The molecule has 2 N–H and O–H groups in total. The van der Waals surface area contributed by atoms with Gasteiger partial charge in [0.25, 0.3) is 0 Å². The summed E-state index contributed by atoms with van der Waals surface area (Å²) < 4.78 is 5.39. The minimum Gasteiger partial charge on any atom is -0.480 e.